The SMILES string of the molecule is COc1cc(/C=N\N=C2\NC(=O)[C@@H](CC(=O)O)S2)cc(I)c1OC. The second-order valence-corrected chi connectivity index (χ2v) is 6.94. The first-order valence-electron chi connectivity index (χ1n) is 6.66. The highest BCUT2D eigenvalue weighted by atomic mass is 127. The number of carboxylic acid groups (broad SMARTS) is 1. The fraction of sp³-hybridized carbons (Fsp3) is 0.286. The quantitative estimate of drug-likeness (QED) is 0.378. The third-order valence-corrected chi connectivity index (χ3v) is 4.82. The highest BCUT2D eigenvalue weighted by molar-refractivity contribution is 14.1. The number of nitrogens with one attached hydrogen (secondary N) is 1. The van der Waals surface area contributed by atoms with Gasteiger partial charge in [-0.3, -0.25) is 9.59 Å². The van der Waals surface area contributed by atoms with E-state index in [4.69, 9.17) is 14.6 Å². The van der Waals surface area contributed by atoms with Gasteiger partial charge in [-0.15, -0.1) is 5.10 Å². The van der Waals surface area contributed by atoms with Crippen LogP contribution in [0.5, 0.6) is 11.5 Å². The number of benzene rings is 1. The van der Waals surface area contributed by atoms with Crippen LogP contribution in [-0.4, -0.2) is 47.8 Å². The van der Waals surface area contributed by atoms with Crippen LogP contribution in [0.2, 0.25) is 0 Å². The Hall–Kier alpha value is -1.82. The molecular weight excluding hydrogens is 449 g/mol. The second-order valence-electron chi connectivity index (χ2n) is 4.58. The summed E-state index contributed by atoms with van der Waals surface area (Å²) < 4.78 is 11.4. The zero-order valence-electron chi connectivity index (χ0n) is 12.8. The normalized spacial score (nSPS) is 18.9. The molecule has 0 saturated carbocycles. The van der Waals surface area contributed by atoms with Gasteiger partial charge in [0, 0.05) is 0 Å². The Kier molecular flexibility index (Phi) is 6.43. The molecular formula is C14H14IN3O5S. The highest BCUT2D eigenvalue weighted by Crippen LogP contribution is 2.33. The summed E-state index contributed by atoms with van der Waals surface area (Å²) in [7, 11) is 3.11. The molecule has 1 atom stereocenters. The van der Waals surface area contributed by atoms with Gasteiger partial charge in [-0.05, 0) is 40.3 Å². The molecule has 2 N–H and O–H groups in total. The third kappa shape index (κ3) is 4.60. The van der Waals surface area contributed by atoms with Gasteiger partial charge in [0.1, 0.15) is 5.25 Å². The molecule has 1 aromatic carbocycles. The number of halogens is 1. The smallest absolute Gasteiger partial charge is 0.305 e. The number of carbonyl (C=O) groups excluding carboxylic acids is 1. The fourth-order valence-electron chi connectivity index (χ4n) is 1.91. The first-order valence-corrected chi connectivity index (χ1v) is 8.62. The van der Waals surface area contributed by atoms with Crippen LogP contribution < -0.4 is 14.8 Å². The first-order chi connectivity index (χ1) is 11.4. The number of thioether (sulfide) groups is 1. The predicted octanol–water partition coefficient (Wildman–Crippen LogP) is 1.70. The van der Waals surface area contributed by atoms with E-state index in [1.165, 1.54) is 6.21 Å². The van der Waals surface area contributed by atoms with Gasteiger partial charge in [0.25, 0.3) is 0 Å². The maximum Gasteiger partial charge on any atom is 0.305 e. The molecule has 1 aliphatic heterocycles. The Labute approximate surface area is 155 Å². The van der Waals surface area contributed by atoms with Crippen LogP contribution in [0, 0.1) is 3.57 Å². The molecule has 1 heterocycles. The highest BCUT2D eigenvalue weighted by Gasteiger charge is 2.32. The second kappa shape index (κ2) is 8.33. The molecule has 0 aliphatic carbocycles. The van der Waals surface area contributed by atoms with E-state index < -0.39 is 11.2 Å². The summed E-state index contributed by atoms with van der Waals surface area (Å²) in [6.45, 7) is 0. The van der Waals surface area contributed by atoms with Crippen LogP contribution in [-0.2, 0) is 9.59 Å². The number of nitrogens with zero attached hydrogens (tertiary/aromatic N) is 2. The van der Waals surface area contributed by atoms with E-state index in [0.29, 0.717) is 11.5 Å². The number of carboxylic acids is 1. The lowest BCUT2D eigenvalue weighted by Gasteiger charge is -2.09. The van der Waals surface area contributed by atoms with Crippen LogP contribution in [0.25, 0.3) is 0 Å². The van der Waals surface area contributed by atoms with Crippen LogP contribution in [0.4, 0.5) is 0 Å². The molecule has 1 fully saturated rings. The lowest BCUT2D eigenvalue weighted by atomic mass is 10.2. The summed E-state index contributed by atoms with van der Waals surface area (Å²) in [6.07, 6.45) is 1.25. The number of aliphatic carboxylic acids is 1. The van der Waals surface area contributed by atoms with Gasteiger partial charge < -0.3 is 19.9 Å². The number of hydrogen-bond donors (Lipinski definition) is 2. The Morgan fingerprint density at radius 2 is 2.21 bits per heavy atom. The largest absolute Gasteiger partial charge is 0.493 e. The van der Waals surface area contributed by atoms with Crippen molar-refractivity contribution in [3.05, 3.63) is 21.3 Å². The maximum atomic E-state index is 11.6. The summed E-state index contributed by atoms with van der Waals surface area (Å²) in [5.74, 6) is -0.204. The van der Waals surface area contributed by atoms with Crippen molar-refractivity contribution >= 4 is 57.6 Å². The number of carbonyl (C=O) groups is 2. The van der Waals surface area contributed by atoms with E-state index >= 15 is 0 Å². The molecule has 24 heavy (non-hydrogen) atoms. The summed E-state index contributed by atoms with van der Waals surface area (Å²) in [5.41, 5.74) is 0.748. The minimum atomic E-state index is -1.03. The van der Waals surface area contributed by atoms with Crippen molar-refractivity contribution in [2.45, 2.75) is 11.7 Å². The molecule has 1 saturated heterocycles. The van der Waals surface area contributed by atoms with Gasteiger partial charge in [-0.2, -0.15) is 5.10 Å². The van der Waals surface area contributed by atoms with E-state index in [9.17, 15) is 9.59 Å². The molecule has 0 radical (unpaired) electrons. The Morgan fingerprint density at radius 1 is 1.46 bits per heavy atom. The molecule has 1 amide bonds. The van der Waals surface area contributed by atoms with Crippen molar-refractivity contribution in [3.8, 4) is 11.5 Å². The molecule has 1 aliphatic rings. The molecule has 1 aromatic rings. The van der Waals surface area contributed by atoms with Crippen molar-refractivity contribution in [1.82, 2.24) is 5.32 Å². The van der Waals surface area contributed by atoms with Crippen LogP contribution in [0.1, 0.15) is 12.0 Å². The van der Waals surface area contributed by atoms with Crippen molar-refractivity contribution in [3.63, 3.8) is 0 Å². The number of methoxy groups -OCH3 is 2. The van der Waals surface area contributed by atoms with E-state index in [1.54, 1.807) is 20.3 Å². The maximum absolute atomic E-state index is 11.6. The molecule has 10 heteroatoms. The topological polar surface area (TPSA) is 110 Å². The zero-order valence-corrected chi connectivity index (χ0v) is 15.8. The molecule has 2 rings (SSSR count). The number of ether oxygens (including phenoxy) is 2. The average Bonchev–Trinajstić information content (AvgIpc) is 2.85. The standard InChI is InChI=1S/C14H14IN3O5S/c1-22-9-4-7(3-8(15)12(9)23-2)6-16-18-14-17-13(21)10(24-14)5-11(19)20/h3-4,6,10H,5H2,1-2H3,(H,19,20)(H,17,18,21)/b16-6-/t10-/m1/s1. The van der Waals surface area contributed by atoms with Gasteiger partial charge in [-0.25, -0.2) is 0 Å². The molecule has 0 bridgehead atoms. The van der Waals surface area contributed by atoms with E-state index in [2.05, 4.69) is 38.1 Å². The Bertz CT molecular complexity index is 723. The zero-order chi connectivity index (χ0) is 17.7. The van der Waals surface area contributed by atoms with Crippen molar-refractivity contribution in [2.75, 3.05) is 14.2 Å². The van der Waals surface area contributed by atoms with Crippen LogP contribution in [0.3, 0.4) is 0 Å². The van der Waals surface area contributed by atoms with E-state index in [-0.39, 0.29) is 17.5 Å². The minimum absolute atomic E-state index is 0.257. The van der Waals surface area contributed by atoms with Gasteiger partial charge in [0.15, 0.2) is 16.7 Å². The molecule has 0 spiro atoms. The van der Waals surface area contributed by atoms with E-state index in [1.807, 2.05) is 6.07 Å². The van der Waals surface area contributed by atoms with Crippen LogP contribution >= 0.6 is 34.4 Å². The van der Waals surface area contributed by atoms with Gasteiger partial charge in [-0.1, -0.05) is 11.8 Å². The van der Waals surface area contributed by atoms with Gasteiger partial charge >= 0.3 is 5.97 Å². The Balaban J connectivity index is 2.10. The molecule has 0 aromatic heterocycles. The Morgan fingerprint density at radius 3 is 2.83 bits per heavy atom. The molecule has 0 unspecified atom stereocenters. The van der Waals surface area contributed by atoms with Crippen LogP contribution in [0.15, 0.2) is 22.3 Å². The first kappa shape index (κ1) is 18.5. The monoisotopic (exact) mass is 463 g/mol. The fourth-order valence-corrected chi connectivity index (χ4v) is 3.67. The summed E-state index contributed by atoms with van der Waals surface area (Å²) >= 11 is 3.17. The van der Waals surface area contributed by atoms with Crippen molar-refractivity contribution < 1.29 is 24.2 Å². The van der Waals surface area contributed by atoms with Gasteiger partial charge in [0.05, 0.1) is 30.4 Å². The summed E-state index contributed by atoms with van der Waals surface area (Å²) in [6, 6.07) is 3.59. The predicted molar refractivity (Wildman–Crippen MR) is 99.1 cm³/mol. The molecule has 8 nitrogen and oxygen atoms in total. The minimum Gasteiger partial charge on any atom is -0.493 e. The molecule has 128 valence electrons. The lowest BCUT2D eigenvalue weighted by molar-refractivity contribution is -0.138. The van der Waals surface area contributed by atoms with Crippen molar-refractivity contribution in [1.29, 1.82) is 0 Å². The number of rotatable bonds is 6. The average molecular weight is 463 g/mol. The van der Waals surface area contributed by atoms with Gasteiger partial charge in [0.2, 0.25) is 5.91 Å². The number of hydrogen-bond acceptors (Lipinski definition) is 7. The lowest BCUT2D eigenvalue weighted by Crippen LogP contribution is -2.26. The third-order valence-electron chi connectivity index (χ3n) is 2.95. The number of amides is 1. The number of amidine groups is 1. The van der Waals surface area contributed by atoms with Crippen molar-refractivity contribution in [2.24, 2.45) is 10.2 Å². The summed E-state index contributed by atoms with van der Waals surface area (Å²) in [5, 5.41) is 18.7. The summed E-state index contributed by atoms with van der Waals surface area (Å²) in [4.78, 5) is 22.3. The van der Waals surface area contributed by atoms with E-state index in [0.717, 1.165) is 20.9 Å².